The van der Waals surface area contributed by atoms with Crippen molar-refractivity contribution in [3.63, 3.8) is 0 Å². The van der Waals surface area contributed by atoms with Crippen LogP contribution in [0.4, 0.5) is 17.2 Å². The van der Waals surface area contributed by atoms with E-state index in [1.54, 1.807) is 23.2 Å². The van der Waals surface area contributed by atoms with E-state index in [2.05, 4.69) is 15.6 Å². The first kappa shape index (κ1) is 17.5. The maximum atomic E-state index is 12.7. The molecule has 1 aromatic carbocycles. The molecule has 144 valence electrons. The monoisotopic (exact) mass is 385 g/mol. The summed E-state index contributed by atoms with van der Waals surface area (Å²) in [6.45, 7) is 0.985. The van der Waals surface area contributed by atoms with Crippen molar-refractivity contribution >= 4 is 29.0 Å². The average molecular weight is 385 g/mol. The molecule has 0 aliphatic carbocycles. The van der Waals surface area contributed by atoms with E-state index in [-0.39, 0.29) is 42.0 Å². The second-order valence-electron chi connectivity index (χ2n) is 6.09. The van der Waals surface area contributed by atoms with Crippen LogP contribution in [0.15, 0.2) is 30.5 Å². The van der Waals surface area contributed by atoms with Gasteiger partial charge in [0.15, 0.2) is 11.6 Å². The number of carbonyl (C=O) groups is 2. The van der Waals surface area contributed by atoms with Gasteiger partial charge in [-0.15, -0.1) is 0 Å². The number of pyridine rings is 1. The number of fused-ring (bicyclic) bond motifs is 1. The van der Waals surface area contributed by atoms with Crippen LogP contribution in [0.3, 0.4) is 0 Å². The molecule has 1 fully saturated rings. The molecule has 2 N–H and O–H groups in total. The van der Waals surface area contributed by atoms with E-state index in [0.717, 1.165) is 6.07 Å². The summed E-state index contributed by atoms with van der Waals surface area (Å²) >= 11 is 0. The maximum Gasteiger partial charge on any atom is 0.315 e. The number of ether oxygens (including phenoxy) is 2. The highest BCUT2D eigenvalue weighted by Gasteiger charge is 2.29. The van der Waals surface area contributed by atoms with E-state index in [0.29, 0.717) is 24.6 Å². The summed E-state index contributed by atoms with van der Waals surface area (Å²) in [6.07, 6.45) is 1.56. The van der Waals surface area contributed by atoms with Crippen LogP contribution in [0.25, 0.3) is 0 Å². The van der Waals surface area contributed by atoms with Gasteiger partial charge in [0.25, 0.3) is 5.91 Å². The SMILES string of the molecule is O=C1CN(c2ncccc2NC(=O)c2cc3c(c([N+](=O)[O-])c2)OCO3)CCN1. The molecule has 11 nitrogen and oxygen atoms in total. The number of aromatic nitrogens is 1. The van der Waals surface area contributed by atoms with Crippen molar-refractivity contribution in [1.29, 1.82) is 0 Å². The summed E-state index contributed by atoms with van der Waals surface area (Å²) in [5.74, 6) is -0.125. The van der Waals surface area contributed by atoms with Crippen LogP contribution < -0.4 is 25.0 Å². The van der Waals surface area contributed by atoms with Gasteiger partial charge in [-0.2, -0.15) is 0 Å². The third-order valence-corrected chi connectivity index (χ3v) is 4.28. The number of nitrogens with zero attached hydrogens (tertiary/aromatic N) is 3. The average Bonchev–Trinajstić information content (AvgIpc) is 3.16. The van der Waals surface area contributed by atoms with Crippen LogP contribution in [0.5, 0.6) is 11.5 Å². The first-order valence-corrected chi connectivity index (χ1v) is 8.39. The molecular weight excluding hydrogens is 370 g/mol. The van der Waals surface area contributed by atoms with E-state index in [9.17, 15) is 19.7 Å². The molecule has 2 aliphatic rings. The molecule has 28 heavy (non-hydrogen) atoms. The Morgan fingerprint density at radius 3 is 3.00 bits per heavy atom. The number of hydrogen-bond acceptors (Lipinski definition) is 8. The van der Waals surface area contributed by atoms with Crippen LogP contribution in [0.1, 0.15) is 10.4 Å². The van der Waals surface area contributed by atoms with Crippen molar-refractivity contribution in [2.45, 2.75) is 0 Å². The van der Waals surface area contributed by atoms with Crippen molar-refractivity contribution in [2.75, 3.05) is 36.6 Å². The van der Waals surface area contributed by atoms with Gasteiger partial charge in [0, 0.05) is 25.4 Å². The molecule has 0 unspecified atom stereocenters. The van der Waals surface area contributed by atoms with Crippen LogP contribution in [-0.2, 0) is 4.79 Å². The minimum Gasteiger partial charge on any atom is -0.453 e. The van der Waals surface area contributed by atoms with Gasteiger partial charge in [0.05, 0.1) is 22.7 Å². The summed E-state index contributed by atoms with van der Waals surface area (Å²) in [5, 5.41) is 16.7. The fourth-order valence-electron chi connectivity index (χ4n) is 3.02. The molecule has 11 heteroatoms. The number of nitro groups is 1. The van der Waals surface area contributed by atoms with E-state index >= 15 is 0 Å². The van der Waals surface area contributed by atoms with Crippen molar-refractivity contribution in [1.82, 2.24) is 10.3 Å². The summed E-state index contributed by atoms with van der Waals surface area (Å²) in [4.78, 5) is 41.0. The zero-order chi connectivity index (χ0) is 19.7. The highest BCUT2D eigenvalue weighted by Crippen LogP contribution is 2.41. The summed E-state index contributed by atoms with van der Waals surface area (Å²) in [7, 11) is 0. The number of carbonyl (C=O) groups excluding carboxylic acids is 2. The lowest BCUT2D eigenvalue weighted by molar-refractivity contribution is -0.385. The second kappa shape index (κ2) is 7.02. The van der Waals surface area contributed by atoms with Gasteiger partial charge in [-0.25, -0.2) is 4.98 Å². The zero-order valence-corrected chi connectivity index (χ0v) is 14.5. The van der Waals surface area contributed by atoms with Gasteiger partial charge >= 0.3 is 5.69 Å². The smallest absolute Gasteiger partial charge is 0.315 e. The van der Waals surface area contributed by atoms with E-state index in [1.165, 1.54) is 6.07 Å². The number of anilines is 2. The van der Waals surface area contributed by atoms with Gasteiger partial charge in [-0.1, -0.05) is 0 Å². The lowest BCUT2D eigenvalue weighted by Gasteiger charge is -2.29. The van der Waals surface area contributed by atoms with E-state index in [4.69, 9.17) is 9.47 Å². The molecule has 2 amide bonds. The first-order valence-electron chi connectivity index (χ1n) is 8.39. The Labute approximate surface area is 158 Å². The number of benzene rings is 1. The second-order valence-corrected chi connectivity index (χ2v) is 6.09. The van der Waals surface area contributed by atoms with E-state index in [1.807, 2.05) is 0 Å². The number of amides is 2. The van der Waals surface area contributed by atoms with E-state index < -0.39 is 10.8 Å². The molecule has 2 aliphatic heterocycles. The molecule has 0 radical (unpaired) electrons. The third kappa shape index (κ3) is 3.24. The van der Waals surface area contributed by atoms with Crippen molar-refractivity contribution < 1.29 is 24.0 Å². The molecule has 0 spiro atoms. The third-order valence-electron chi connectivity index (χ3n) is 4.28. The number of nitrogens with one attached hydrogen (secondary N) is 2. The number of rotatable bonds is 4. The van der Waals surface area contributed by atoms with Crippen LogP contribution in [-0.4, -0.2) is 48.1 Å². The predicted molar refractivity (Wildman–Crippen MR) is 96.6 cm³/mol. The topological polar surface area (TPSA) is 136 Å². The minimum atomic E-state index is -0.633. The Bertz CT molecular complexity index is 979. The van der Waals surface area contributed by atoms with Crippen LogP contribution >= 0.6 is 0 Å². The molecule has 0 saturated carbocycles. The minimum absolute atomic E-state index is 0.00273. The molecule has 0 bridgehead atoms. The largest absolute Gasteiger partial charge is 0.453 e. The fraction of sp³-hybridized carbons (Fsp3) is 0.235. The summed E-state index contributed by atoms with van der Waals surface area (Å²) < 4.78 is 10.3. The molecular formula is C17H15N5O6. The van der Waals surface area contributed by atoms with Gasteiger partial charge in [-0.3, -0.25) is 19.7 Å². The Kier molecular flexibility index (Phi) is 4.39. The van der Waals surface area contributed by atoms with Gasteiger partial charge < -0.3 is 25.0 Å². The Hall–Kier alpha value is -3.89. The summed E-state index contributed by atoms with van der Waals surface area (Å²) in [5.41, 5.74) is 0.0870. The Morgan fingerprint density at radius 1 is 1.36 bits per heavy atom. The Morgan fingerprint density at radius 2 is 2.21 bits per heavy atom. The number of hydrogen-bond donors (Lipinski definition) is 2. The summed E-state index contributed by atoms with van der Waals surface area (Å²) in [6, 6.07) is 5.81. The van der Waals surface area contributed by atoms with Crippen molar-refractivity contribution in [3.8, 4) is 11.5 Å². The fourth-order valence-corrected chi connectivity index (χ4v) is 3.02. The molecule has 2 aromatic rings. The molecule has 1 saturated heterocycles. The van der Waals surface area contributed by atoms with Crippen LogP contribution in [0.2, 0.25) is 0 Å². The van der Waals surface area contributed by atoms with Gasteiger partial charge in [0.2, 0.25) is 18.4 Å². The highest BCUT2D eigenvalue weighted by molar-refractivity contribution is 6.06. The van der Waals surface area contributed by atoms with Gasteiger partial charge in [-0.05, 0) is 18.2 Å². The van der Waals surface area contributed by atoms with Crippen LogP contribution in [0, 0.1) is 10.1 Å². The lowest BCUT2D eigenvalue weighted by Crippen LogP contribution is -2.48. The Balaban J connectivity index is 1.62. The zero-order valence-electron chi connectivity index (χ0n) is 14.5. The maximum absolute atomic E-state index is 12.7. The normalized spacial score (nSPS) is 15.1. The molecule has 3 heterocycles. The standard InChI is InChI=1S/C17H15N5O6/c23-14-8-21(5-4-18-14)16-11(2-1-3-19-16)20-17(24)10-6-12(22(25)26)15-13(7-10)27-9-28-15/h1-3,6-7H,4-5,8-9H2,(H,18,23)(H,20,24). The molecule has 4 rings (SSSR count). The number of nitro benzene ring substituents is 1. The predicted octanol–water partition coefficient (Wildman–Crippen LogP) is 0.907. The molecule has 1 aromatic heterocycles. The first-order chi connectivity index (χ1) is 13.5. The van der Waals surface area contributed by atoms with Gasteiger partial charge in [0.1, 0.15) is 0 Å². The van der Waals surface area contributed by atoms with Crippen molar-refractivity contribution in [3.05, 3.63) is 46.1 Å². The molecule has 0 atom stereocenters. The van der Waals surface area contributed by atoms with Crippen molar-refractivity contribution in [2.24, 2.45) is 0 Å². The quantitative estimate of drug-likeness (QED) is 0.585. The lowest BCUT2D eigenvalue weighted by atomic mass is 10.1. The highest BCUT2D eigenvalue weighted by atomic mass is 16.7. The number of piperazine rings is 1.